The van der Waals surface area contributed by atoms with Crippen LogP contribution in [-0.4, -0.2) is 25.8 Å². The summed E-state index contributed by atoms with van der Waals surface area (Å²) in [6, 6.07) is 0. The Bertz CT molecular complexity index is 282. The first-order valence-electron chi connectivity index (χ1n) is 3.67. The predicted octanol–water partition coefficient (Wildman–Crippen LogP) is 0.393. The van der Waals surface area contributed by atoms with Crippen molar-refractivity contribution in [2.24, 2.45) is 7.05 Å². The summed E-state index contributed by atoms with van der Waals surface area (Å²) in [6.07, 6.45) is 1.51. The highest BCUT2D eigenvalue weighted by molar-refractivity contribution is 5.67. The Labute approximate surface area is 70.0 Å². The van der Waals surface area contributed by atoms with Gasteiger partial charge in [-0.15, -0.1) is 0 Å². The third-order valence-corrected chi connectivity index (χ3v) is 1.67. The minimum absolute atomic E-state index is 0.0880. The van der Waals surface area contributed by atoms with E-state index in [9.17, 15) is 4.79 Å². The maximum atomic E-state index is 10.4. The molecule has 5 heteroatoms. The van der Waals surface area contributed by atoms with Gasteiger partial charge < -0.3 is 5.11 Å². The summed E-state index contributed by atoms with van der Waals surface area (Å²) >= 11 is 0. The number of aromatic nitrogens is 3. The van der Waals surface area contributed by atoms with E-state index >= 15 is 0 Å². The number of carbonyl (C=O) groups is 1. The normalized spacial score (nSPS) is 12.8. The number of aliphatic carboxylic acids is 1. The van der Waals surface area contributed by atoms with Gasteiger partial charge in [-0.05, 0) is 0 Å². The van der Waals surface area contributed by atoms with Crippen molar-refractivity contribution in [2.75, 3.05) is 0 Å². The van der Waals surface area contributed by atoms with Crippen LogP contribution in [0, 0.1) is 0 Å². The van der Waals surface area contributed by atoms with E-state index in [0.717, 1.165) is 0 Å². The number of rotatable bonds is 3. The van der Waals surface area contributed by atoms with Crippen molar-refractivity contribution in [2.45, 2.75) is 19.3 Å². The lowest BCUT2D eigenvalue weighted by molar-refractivity contribution is -0.137. The molecule has 0 spiro atoms. The second kappa shape index (κ2) is 3.34. The van der Waals surface area contributed by atoms with Crippen LogP contribution in [0.1, 0.15) is 25.1 Å². The zero-order valence-corrected chi connectivity index (χ0v) is 7.06. The summed E-state index contributed by atoms with van der Waals surface area (Å²) in [7, 11) is 1.75. The Morgan fingerprint density at radius 3 is 2.92 bits per heavy atom. The Balaban J connectivity index is 2.71. The molecular formula is C7H11N3O2. The maximum Gasteiger partial charge on any atom is 0.304 e. The molecule has 0 aliphatic heterocycles. The van der Waals surface area contributed by atoms with Gasteiger partial charge in [0.1, 0.15) is 12.2 Å². The number of hydrogen-bond acceptors (Lipinski definition) is 3. The van der Waals surface area contributed by atoms with Gasteiger partial charge in [0.25, 0.3) is 0 Å². The summed E-state index contributed by atoms with van der Waals surface area (Å²) in [4.78, 5) is 14.3. The molecule has 12 heavy (non-hydrogen) atoms. The fourth-order valence-corrected chi connectivity index (χ4v) is 1.10. The Kier molecular flexibility index (Phi) is 2.42. The third kappa shape index (κ3) is 1.81. The summed E-state index contributed by atoms with van der Waals surface area (Å²) in [6.45, 7) is 1.82. The molecule has 5 nitrogen and oxygen atoms in total. The van der Waals surface area contributed by atoms with Crippen LogP contribution in [0.5, 0.6) is 0 Å². The van der Waals surface area contributed by atoms with Crippen molar-refractivity contribution >= 4 is 5.97 Å². The molecular weight excluding hydrogens is 158 g/mol. The molecule has 1 atom stereocenters. The van der Waals surface area contributed by atoms with E-state index in [1.807, 2.05) is 6.92 Å². The van der Waals surface area contributed by atoms with Gasteiger partial charge in [-0.3, -0.25) is 9.48 Å². The quantitative estimate of drug-likeness (QED) is 0.710. The summed E-state index contributed by atoms with van der Waals surface area (Å²) in [5, 5.41) is 12.4. The molecule has 0 saturated carbocycles. The average molecular weight is 169 g/mol. The Morgan fingerprint density at radius 1 is 1.83 bits per heavy atom. The highest BCUT2D eigenvalue weighted by atomic mass is 16.4. The first kappa shape index (κ1) is 8.70. The average Bonchev–Trinajstić information content (AvgIpc) is 2.33. The fraction of sp³-hybridized carbons (Fsp3) is 0.571. The maximum absolute atomic E-state index is 10.4. The van der Waals surface area contributed by atoms with Crippen molar-refractivity contribution in [1.82, 2.24) is 14.8 Å². The minimum Gasteiger partial charge on any atom is -0.481 e. The number of nitrogens with zero attached hydrogens (tertiary/aromatic N) is 3. The molecule has 1 aromatic rings. The van der Waals surface area contributed by atoms with E-state index in [2.05, 4.69) is 10.1 Å². The molecule has 0 aromatic carbocycles. The zero-order valence-electron chi connectivity index (χ0n) is 7.06. The highest BCUT2D eigenvalue weighted by Gasteiger charge is 2.14. The van der Waals surface area contributed by atoms with Gasteiger partial charge in [-0.1, -0.05) is 6.92 Å². The van der Waals surface area contributed by atoms with Crippen molar-refractivity contribution < 1.29 is 9.90 Å². The van der Waals surface area contributed by atoms with Crippen LogP contribution in [0.25, 0.3) is 0 Å². The molecule has 0 radical (unpaired) electrons. The number of hydrogen-bond donors (Lipinski definition) is 1. The highest BCUT2D eigenvalue weighted by Crippen LogP contribution is 2.14. The van der Waals surface area contributed by atoms with Gasteiger partial charge in [0, 0.05) is 13.0 Å². The molecule has 1 rings (SSSR count). The van der Waals surface area contributed by atoms with Crippen LogP contribution in [0.15, 0.2) is 6.33 Å². The monoisotopic (exact) mass is 169 g/mol. The number of carboxylic acids is 1. The van der Waals surface area contributed by atoms with Crippen molar-refractivity contribution in [1.29, 1.82) is 0 Å². The molecule has 1 heterocycles. The second-order valence-electron chi connectivity index (χ2n) is 2.74. The van der Waals surface area contributed by atoms with E-state index < -0.39 is 5.97 Å². The standard InChI is InChI=1S/C7H11N3O2/c1-5(3-6(11)12)7-8-4-9-10(7)2/h4-5H,3H2,1-2H3,(H,11,12). The van der Waals surface area contributed by atoms with Gasteiger partial charge in [-0.2, -0.15) is 5.10 Å². The second-order valence-corrected chi connectivity index (χ2v) is 2.74. The van der Waals surface area contributed by atoms with E-state index in [1.165, 1.54) is 6.33 Å². The van der Waals surface area contributed by atoms with Crippen LogP contribution < -0.4 is 0 Å². The fourth-order valence-electron chi connectivity index (χ4n) is 1.10. The van der Waals surface area contributed by atoms with Crippen molar-refractivity contribution in [3.05, 3.63) is 12.2 Å². The van der Waals surface area contributed by atoms with E-state index in [0.29, 0.717) is 5.82 Å². The Hall–Kier alpha value is -1.39. The van der Waals surface area contributed by atoms with Gasteiger partial charge in [-0.25, -0.2) is 4.98 Å². The lowest BCUT2D eigenvalue weighted by Crippen LogP contribution is -2.08. The summed E-state index contributed by atoms with van der Waals surface area (Å²) in [5.74, 6) is -0.196. The minimum atomic E-state index is -0.814. The van der Waals surface area contributed by atoms with E-state index in [-0.39, 0.29) is 12.3 Å². The van der Waals surface area contributed by atoms with Gasteiger partial charge in [0.2, 0.25) is 0 Å². The van der Waals surface area contributed by atoms with Crippen molar-refractivity contribution in [3.63, 3.8) is 0 Å². The number of aryl methyl sites for hydroxylation is 1. The lowest BCUT2D eigenvalue weighted by atomic mass is 10.1. The summed E-state index contributed by atoms with van der Waals surface area (Å²) in [5.41, 5.74) is 0. The smallest absolute Gasteiger partial charge is 0.304 e. The largest absolute Gasteiger partial charge is 0.481 e. The molecule has 0 aliphatic rings. The van der Waals surface area contributed by atoms with Gasteiger partial charge in [0.15, 0.2) is 0 Å². The van der Waals surface area contributed by atoms with Crippen LogP contribution in [0.3, 0.4) is 0 Å². The molecule has 66 valence electrons. The molecule has 0 fully saturated rings. The first-order chi connectivity index (χ1) is 5.61. The van der Waals surface area contributed by atoms with Crippen LogP contribution in [0.4, 0.5) is 0 Å². The molecule has 1 unspecified atom stereocenters. The van der Waals surface area contributed by atoms with E-state index in [4.69, 9.17) is 5.11 Å². The third-order valence-electron chi connectivity index (χ3n) is 1.67. The van der Waals surface area contributed by atoms with Gasteiger partial charge >= 0.3 is 5.97 Å². The SMILES string of the molecule is CC(CC(=O)O)c1ncnn1C. The molecule has 0 bridgehead atoms. The molecule has 1 N–H and O–H groups in total. The zero-order chi connectivity index (χ0) is 9.14. The molecule has 0 saturated heterocycles. The van der Waals surface area contributed by atoms with Crippen LogP contribution >= 0.6 is 0 Å². The Morgan fingerprint density at radius 2 is 2.50 bits per heavy atom. The van der Waals surface area contributed by atoms with Crippen LogP contribution in [-0.2, 0) is 11.8 Å². The topological polar surface area (TPSA) is 68.0 Å². The van der Waals surface area contributed by atoms with Gasteiger partial charge in [0.05, 0.1) is 6.42 Å². The first-order valence-corrected chi connectivity index (χ1v) is 3.67. The van der Waals surface area contributed by atoms with E-state index in [1.54, 1.807) is 11.7 Å². The lowest BCUT2D eigenvalue weighted by Gasteiger charge is -2.06. The van der Waals surface area contributed by atoms with Crippen molar-refractivity contribution in [3.8, 4) is 0 Å². The molecule has 0 amide bonds. The molecule has 0 aliphatic carbocycles. The predicted molar refractivity (Wildman–Crippen MR) is 41.7 cm³/mol. The number of carboxylic acid groups (broad SMARTS) is 1. The summed E-state index contributed by atoms with van der Waals surface area (Å²) < 4.78 is 1.59. The molecule has 1 aromatic heterocycles. The van der Waals surface area contributed by atoms with Crippen LogP contribution in [0.2, 0.25) is 0 Å².